The van der Waals surface area contributed by atoms with Crippen molar-refractivity contribution in [3.63, 3.8) is 0 Å². The second-order valence-electron chi connectivity index (χ2n) is 5.52. The molecule has 1 aliphatic rings. The third kappa shape index (κ3) is 2.62. The van der Waals surface area contributed by atoms with Gasteiger partial charge in [-0.2, -0.15) is 5.10 Å². The highest BCUT2D eigenvalue weighted by Gasteiger charge is 2.27. The number of carbonyl (C=O) groups excluding carboxylic acids is 1. The van der Waals surface area contributed by atoms with Gasteiger partial charge in [0, 0.05) is 25.8 Å². The third-order valence-corrected chi connectivity index (χ3v) is 4.20. The van der Waals surface area contributed by atoms with Crippen LogP contribution in [0.4, 0.5) is 0 Å². The molecule has 0 bridgehead atoms. The van der Waals surface area contributed by atoms with Gasteiger partial charge in [0.2, 0.25) is 0 Å². The van der Waals surface area contributed by atoms with Crippen molar-refractivity contribution in [3.8, 4) is 5.82 Å². The number of amides is 1. The molecule has 0 saturated carbocycles. The molecule has 1 atom stereocenters. The molecule has 1 N–H and O–H groups in total. The summed E-state index contributed by atoms with van der Waals surface area (Å²) in [5.41, 5.74) is 1.57. The van der Waals surface area contributed by atoms with Gasteiger partial charge in [-0.15, -0.1) is 0 Å². The fourth-order valence-electron chi connectivity index (χ4n) is 2.89. The van der Waals surface area contributed by atoms with Gasteiger partial charge < -0.3 is 10.2 Å². The lowest BCUT2D eigenvalue weighted by Crippen LogP contribution is -2.38. The SMILES string of the molecule is CCc1c(C(=O)N(C)[C@@H]2CCNC2)cnn1-c1ccccn1. The minimum Gasteiger partial charge on any atom is -0.337 e. The monoisotopic (exact) mass is 299 g/mol. The van der Waals surface area contributed by atoms with Crippen LogP contribution in [-0.4, -0.2) is 51.8 Å². The van der Waals surface area contributed by atoms with Crippen LogP contribution in [0.2, 0.25) is 0 Å². The summed E-state index contributed by atoms with van der Waals surface area (Å²) in [4.78, 5) is 18.9. The first-order valence-electron chi connectivity index (χ1n) is 7.68. The molecule has 1 amide bonds. The van der Waals surface area contributed by atoms with E-state index in [0.717, 1.165) is 37.4 Å². The van der Waals surface area contributed by atoms with Crippen LogP contribution >= 0.6 is 0 Å². The average molecular weight is 299 g/mol. The van der Waals surface area contributed by atoms with Crippen LogP contribution in [0.15, 0.2) is 30.6 Å². The molecule has 2 aromatic heterocycles. The lowest BCUT2D eigenvalue weighted by molar-refractivity contribution is 0.0742. The summed E-state index contributed by atoms with van der Waals surface area (Å²) < 4.78 is 1.76. The Bertz CT molecular complexity index is 646. The maximum atomic E-state index is 12.8. The number of carbonyl (C=O) groups is 1. The van der Waals surface area contributed by atoms with E-state index in [-0.39, 0.29) is 11.9 Å². The van der Waals surface area contributed by atoms with Gasteiger partial charge in [-0.1, -0.05) is 13.0 Å². The highest BCUT2D eigenvalue weighted by Crippen LogP contribution is 2.18. The van der Waals surface area contributed by atoms with Gasteiger partial charge in [0.15, 0.2) is 5.82 Å². The molecule has 0 aliphatic carbocycles. The lowest BCUT2D eigenvalue weighted by atomic mass is 10.1. The Labute approximate surface area is 130 Å². The molecule has 116 valence electrons. The highest BCUT2D eigenvalue weighted by molar-refractivity contribution is 5.95. The molecule has 3 heterocycles. The lowest BCUT2D eigenvalue weighted by Gasteiger charge is -2.23. The van der Waals surface area contributed by atoms with Gasteiger partial charge in [0.1, 0.15) is 0 Å². The summed E-state index contributed by atoms with van der Waals surface area (Å²) in [5.74, 6) is 0.774. The number of pyridine rings is 1. The summed E-state index contributed by atoms with van der Waals surface area (Å²) in [7, 11) is 1.87. The van der Waals surface area contributed by atoms with Crippen molar-refractivity contribution in [1.82, 2.24) is 25.0 Å². The smallest absolute Gasteiger partial charge is 0.257 e. The Morgan fingerprint density at radius 2 is 2.36 bits per heavy atom. The van der Waals surface area contributed by atoms with Gasteiger partial charge in [0.25, 0.3) is 5.91 Å². The largest absolute Gasteiger partial charge is 0.337 e. The Hall–Kier alpha value is -2.21. The van der Waals surface area contributed by atoms with Crippen LogP contribution in [0.1, 0.15) is 29.4 Å². The van der Waals surface area contributed by atoms with E-state index < -0.39 is 0 Å². The van der Waals surface area contributed by atoms with Crippen molar-refractivity contribution < 1.29 is 4.79 Å². The summed E-state index contributed by atoms with van der Waals surface area (Å²) >= 11 is 0. The summed E-state index contributed by atoms with van der Waals surface area (Å²) in [6.45, 7) is 3.86. The second kappa shape index (κ2) is 6.27. The molecule has 1 fully saturated rings. The van der Waals surface area contributed by atoms with Crippen molar-refractivity contribution in [2.24, 2.45) is 0 Å². The standard InChI is InChI=1S/C16H21N5O/c1-3-14-13(16(22)20(2)12-7-9-17-10-12)11-19-21(14)15-6-4-5-8-18-15/h4-6,8,11-12,17H,3,7,9-10H2,1-2H3/t12-/m1/s1. The van der Waals surface area contributed by atoms with Gasteiger partial charge in [-0.05, 0) is 31.5 Å². The van der Waals surface area contributed by atoms with Gasteiger partial charge >= 0.3 is 0 Å². The third-order valence-electron chi connectivity index (χ3n) is 4.20. The molecule has 6 heteroatoms. The normalized spacial score (nSPS) is 17.6. The second-order valence-corrected chi connectivity index (χ2v) is 5.52. The average Bonchev–Trinajstić information content (AvgIpc) is 3.23. The molecule has 0 aromatic carbocycles. The predicted molar refractivity (Wildman–Crippen MR) is 84.1 cm³/mol. The zero-order chi connectivity index (χ0) is 15.5. The van der Waals surface area contributed by atoms with E-state index in [0.29, 0.717) is 5.56 Å². The van der Waals surface area contributed by atoms with E-state index in [2.05, 4.69) is 15.4 Å². The number of hydrogen-bond donors (Lipinski definition) is 1. The van der Waals surface area contributed by atoms with Crippen molar-refractivity contribution in [1.29, 1.82) is 0 Å². The highest BCUT2D eigenvalue weighted by atomic mass is 16.2. The molecular weight excluding hydrogens is 278 g/mol. The molecule has 0 unspecified atom stereocenters. The number of nitrogens with zero attached hydrogens (tertiary/aromatic N) is 4. The van der Waals surface area contributed by atoms with Crippen molar-refractivity contribution in [2.45, 2.75) is 25.8 Å². The number of aromatic nitrogens is 3. The van der Waals surface area contributed by atoms with Crippen LogP contribution in [0, 0.1) is 0 Å². The van der Waals surface area contributed by atoms with E-state index in [1.165, 1.54) is 0 Å². The first-order chi connectivity index (χ1) is 10.7. The first kappa shape index (κ1) is 14.7. The van der Waals surface area contributed by atoms with Gasteiger partial charge in [0.05, 0.1) is 17.5 Å². The van der Waals surface area contributed by atoms with Crippen molar-refractivity contribution >= 4 is 5.91 Å². The molecule has 1 saturated heterocycles. The van der Waals surface area contributed by atoms with Gasteiger partial charge in [-0.25, -0.2) is 9.67 Å². The summed E-state index contributed by atoms with van der Waals surface area (Å²) in [6, 6.07) is 5.94. The first-order valence-corrected chi connectivity index (χ1v) is 7.68. The summed E-state index contributed by atoms with van der Waals surface area (Å²) in [5, 5.41) is 7.67. The van der Waals surface area contributed by atoms with Crippen molar-refractivity contribution in [3.05, 3.63) is 41.9 Å². The Morgan fingerprint density at radius 3 is 3.00 bits per heavy atom. The molecule has 3 rings (SSSR count). The van der Waals surface area contributed by atoms with Crippen LogP contribution < -0.4 is 5.32 Å². The summed E-state index contributed by atoms with van der Waals surface area (Å²) in [6.07, 6.45) is 5.12. The van der Waals surface area contributed by atoms with Gasteiger partial charge in [-0.3, -0.25) is 4.79 Å². The topological polar surface area (TPSA) is 63.1 Å². The fourth-order valence-corrected chi connectivity index (χ4v) is 2.89. The number of hydrogen-bond acceptors (Lipinski definition) is 4. The maximum absolute atomic E-state index is 12.8. The van der Waals surface area contributed by atoms with Crippen LogP contribution in [-0.2, 0) is 6.42 Å². The molecule has 0 radical (unpaired) electrons. The quantitative estimate of drug-likeness (QED) is 0.923. The minimum absolute atomic E-state index is 0.0349. The van der Waals surface area contributed by atoms with E-state index in [1.807, 2.05) is 37.1 Å². The van der Waals surface area contributed by atoms with E-state index in [9.17, 15) is 4.79 Å². The maximum Gasteiger partial charge on any atom is 0.257 e. The number of nitrogens with one attached hydrogen (secondary N) is 1. The Morgan fingerprint density at radius 1 is 1.50 bits per heavy atom. The zero-order valence-corrected chi connectivity index (χ0v) is 13.0. The number of likely N-dealkylation sites (N-methyl/N-ethyl adjacent to an activating group) is 1. The van der Waals surface area contributed by atoms with E-state index in [1.54, 1.807) is 17.1 Å². The molecule has 1 aliphatic heterocycles. The van der Waals surface area contributed by atoms with E-state index >= 15 is 0 Å². The van der Waals surface area contributed by atoms with Crippen LogP contribution in [0.5, 0.6) is 0 Å². The molecule has 0 spiro atoms. The molecular formula is C16H21N5O. The predicted octanol–water partition coefficient (Wildman–Crippen LogP) is 1.26. The fraction of sp³-hybridized carbons (Fsp3) is 0.438. The van der Waals surface area contributed by atoms with Crippen molar-refractivity contribution in [2.75, 3.05) is 20.1 Å². The molecule has 6 nitrogen and oxygen atoms in total. The van der Waals surface area contributed by atoms with E-state index in [4.69, 9.17) is 0 Å². The number of rotatable bonds is 4. The minimum atomic E-state index is 0.0349. The Kier molecular flexibility index (Phi) is 4.20. The molecule has 2 aromatic rings. The Balaban J connectivity index is 1.91. The zero-order valence-electron chi connectivity index (χ0n) is 13.0. The van der Waals surface area contributed by atoms with Crippen LogP contribution in [0.3, 0.4) is 0 Å². The van der Waals surface area contributed by atoms with Crippen LogP contribution in [0.25, 0.3) is 5.82 Å². The molecule has 22 heavy (non-hydrogen) atoms.